The van der Waals surface area contributed by atoms with E-state index in [-0.39, 0.29) is 11.8 Å². The van der Waals surface area contributed by atoms with Crippen molar-refractivity contribution in [3.63, 3.8) is 0 Å². The maximum Gasteiger partial charge on any atom is 0.319 e. The van der Waals surface area contributed by atoms with Gasteiger partial charge in [-0.25, -0.2) is 4.79 Å². The standard InChI is InChI=1S/C15H16N2O2/c1-11(18)9-10-16-15(19)17-14-8-4-6-12-5-2-3-7-13(12)14/h2-8H,9-10H2,1H3,(H2,16,17,19). The molecular weight excluding hydrogens is 240 g/mol. The Bertz CT molecular complexity index is 603. The second kappa shape index (κ2) is 6.00. The molecule has 98 valence electrons. The third-order valence-electron chi connectivity index (χ3n) is 2.80. The van der Waals surface area contributed by atoms with Gasteiger partial charge in [0, 0.05) is 18.4 Å². The van der Waals surface area contributed by atoms with E-state index in [0.717, 1.165) is 16.5 Å². The number of benzene rings is 2. The van der Waals surface area contributed by atoms with Crippen LogP contribution in [0, 0.1) is 0 Å². The molecule has 0 fully saturated rings. The van der Waals surface area contributed by atoms with Crippen LogP contribution in [0.25, 0.3) is 10.8 Å². The molecule has 0 aliphatic rings. The molecule has 0 saturated heterocycles. The van der Waals surface area contributed by atoms with Gasteiger partial charge in [0.25, 0.3) is 0 Å². The van der Waals surface area contributed by atoms with Gasteiger partial charge in [-0.15, -0.1) is 0 Å². The molecule has 2 aromatic carbocycles. The first-order valence-electron chi connectivity index (χ1n) is 6.19. The Kier molecular flexibility index (Phi) is 4.13. The van der Waals surface area contributed by atoms with E-state index in [1.165, 1.54) is 6.92 Å². The molecule has 0 aliphatic carbocycles. The van der Waals surface area contributed by atoms with E-state index in [9.17, 15) is 9.59 Å². The van der Waals surface area contributed by atoms with Crippen molar-refractivity contribution >= 4 is 28.3 Å². The average Bonchev–Trinajstić information content (AvgIpc) is 2.39. The second-order valence-electron chi connectivity index (χ2n) is 4.36. The number of carbonyl (C=O) groups is 2. The van der Waals surface area contributed by atoms with Gasteiger partial charge in [-0.05, 0) is 18.4 Å². The van der Waals surface area contributed by atoms with Gasteiger partial charge in [0.05, 0.1) is 5.69 Å². The van der Waals surface area contributed by atoms with Gasteiger partial charge in [-0.1, -0.05) is 36.4 Å². The molecule has 0 aliphatic heterocycles. The maximum absolute atomic E-state index is 11.7. The number of anilines is 1. The van der Waals surface area contributed by atoms with Gasteiger partial charge in [0.15, 0.2) is 0 Å². The molecule has 2 amide bonds. The summed E-state index contributed by atoms with van der Waals surface area (Å²) in [5, 5.41) is 7.52. The van der Waals surface area contributed by atoms with Gasteiger partial charge < -0.3 is 10.6 Å². The van der Waals surface area contributed by atoms with E-state index in [1.807, 2.05) is 42.5 Å². The summed E-state index contributed by atoms with van der Waals surface area (Å²) < 4.78 is 0. The fourth-order valence-corrected chi connectivity index (χ4v) is 1.85. The second-order valence-corrected chi connectivity index (χ2v) is 4.36. The number of fused-ring (bicyclic) bond motifs is 1. The minimum absolute atomic E-state index is 0.0606. The van der Waals surface area contributed by atoms with Crippen molar-refractivity contribution in [3.05, 3.63) is 42.5 Å². The third-order valence-corrected chi connectivity index (χ3v) is 2.80. The molecule has 2 N–H and O–H groups in total. The van der Waals surface area contributed by atoms with Gasteiger partial charge in [-0.2, -0.15) is 0 Å². The Morgan fingerprint density at radius 3 is 2.58 bits per heavy atom. The zero-order valence-electron chi connectivity index (χ0n) is 10.8. The smallest absolute Gasteiger partial charge is 0.319 e. The van der Waals surface area contributed by atoms with Crippen LogP contribution in [-0.4, -0.2) is 18.4 Å². The summed E-state index contributed by atoms with van der Waals surface area (Å²) in [7, 11) is 0. The van der Waals surface area contributed by atoms with Crippen molar-refractivity contribution in [2.75, 3.05) is 11.9 Å². The van der Waals surface area contributed by atoms with Gasteiger partial charge >= 0.3 is 6.03 Å². The number of hydrogen-bond donors (Lipinski definition) is 2. The fraction of sp³-hybridized carbons (Fsp3) is 0.200. The SMILES string of the molecule is CC(=O)CCNC(=O)Nc1cccc2ccccc12. The van der Waals surface area contributed by atoms with Crippen LogP contribution in [-0.2, 0) is 4.79 Å². The van der Waals surface area contributed by atoms with Crippen molar-refractivity contribution in [1.29, 1.82) is 0 Å². The monoisotopic (exact) mass is 256 g/mol. The zero-order chi connectivity index (χ0) is 13.7. The predicted octanol–water partition coefficient (Wildman–Crippen LogP) is 2.94. The number of urea groups is 1. The largest absolute Gasteiger partial charge is 0.337 e. The van der Waals surface area contributed by atoms with Crippen LogP contribution in [0.2, 0.25) is 0 Å². The lowest BCUT2D eigenvalue weighted by Gasteiger charge is -2.09. The summed E-state index contributed by atoms with van der Waals surface area (Å²) >= 11 is 0. The molecule has 2 aromatic rings. The normalized spacial score (nSPS) is 10.2. The fourth-order valence-electron chi connectivity index (χ4n) is 1.85. The Hall–Kier alpha value is -2.36. The minimum atomic E-state index is -0.294. The molecule has 4 nitrogen and oxygen atoms in total. The number of carbonyl (C=O) groups excluding carboxylic acids is 2. The average molecular weight is 256 g/mol. The Labute approximate surface area is 111 Å². The van der Waals surface area contributed by atoms with Crippen LogP contribution in [0.15, 0.2) is 42.5 Å². The van der Waals surface area contributed by atoms with E-state index in [4.69, 9.17) is 0 Å². The first kappa shape index (κ1) is 13.1. The van der Waals surface area contributed by atoms with Crippen LogP contribution in [0.4, 0.5) is 10.5 Å². The Morgan fingerprint density at radius 1 is 1.05 bits per heavy atom. The summed E-state index contributed by atoms with van der Waals surface area (Å²) in [5.41, 5.74) is 0.762. The number of Topliss-reactive ketones (excluding diaryl/α,β-unsaturated/α-hetero) is 1. The highest BCUT2D eigenvalue weighted by atomic mass is 16.2. The molecule has 0 heterocycles. The number of amides is 2. The molecule has 0 aromatic heterocycles. The van der Waals surface area contributed by atoms with E-state index in [1.54, 1.807) is 0 Å². The summed E-state index contributed by atoms with van der Waals surface area (Å²) in [6.07, 6.45) is 0.350. The summed E-state index contributed by atoms with van der Waals surface area (Å²) in [6, 6.07) is 13.3. The highest BCUT2D eigenvalue weighted by Crippen LogP contribution is 2.22. The highest BCUT2D eigenvalue weighted by molar-refractivity contribution is 6.01. The van der Waals surface area contributed by atoms with E-state index in [2.05, 4.69) is 10.6 Å². The number of hydrogen-bond acceptors (Lipinski definition) is 2. The topological polar surface area (TPSA) is 58.2 Å². The lowest BCUT2D eigenvalue weighted by Crippen LogP contribution is -2.30. The molecule has 0 unspecified atom stereocenters. The van der Waals surface area contributed by atoms with E-state index in [0.29, 0.717) is 13.0 Å². The number of rotatable bonds is 4. The highest BCUT2D eigenvalue weighted by Gasteiger charge is 2.04. The van der Waals surface area contributed by atoms with Crippen LogP contribution in [0.1, 0.15) is 13.3 Å². The first-order chi connectivity index (χ1) is 9.16. The quantitative estimate of drug-likeness (QED) is 0.883. The molecular formula is C15H16N2O2. The Morgan fingerprint density at radius 2 is 1.79 bits per heavy atom. The number of ketones is 1. The molecule has 19 heavy (non-hydrogen) atoms. The first-order valence-corrected chi connectivity index (χ1v) is 6.19. The molecule has 0 spiro atoms. The predicted molar refractivity (Wildman–Crippen MR) is 76.3 cm³/mol. The lowest BCUT2D eigenvalue weighted by molar-refractivity contribution is -0.116. The van der Waals surface area contributed by atoms with Crippen LogP contribution < -0.4 is 10.6 Å². The van der Waals surface area contributed by atoms with Crippen molar-refractivity contribution < 1.29 is 9.59 Å². The summed E-state index contributed by atoms with van der Waals surface area (Å²) in [6.45, 7) is 1.86. The van der Waals surface area contributed by atoms with Gasteiger partial charge in [0.1, 0.15) is 5.78 Å². The number of nitrogens with one attached hydrogen (secondary N) is 2. The maximum atomic E-state index is 11.7. The third kappa shape index (κ3) is 3.55. The van der Waals surface area contributed by atoms with Crippen molar-refractivity contribution in [2.24, 2.45) is 0 Å². The van der Waals surface area contributed by atoms with Crippen LogP contribution >= 0.6 is 0 Å². The van der Waals surface area contributed by atoms with Crippen LogP contribution in [0.5, 0.6) is 0 Å². The van der Waals surface area contributed by atoms with Gasteiger partial charge in [-0.3, -0.25) is 4.79 Å². The molecule has 0 saturated carbocycles. The van der Waals surface area contributed by atoms with Crippen molar-refractivity contribution in [2.45, 2.75) is 13.3 Å². The van der Waals surface area contributed by atoms with E-state index >= 15 is 0 Å². The molecule has 0 atom stereocenters. The summed E-state index contributed by atoms with van der Waals surface area (Å²) in [4.78, 5) is 22.5. The molecule has 2 rings (SSSR count). The van der Waals surface area contributed by atoms with Crippen LogP contribution in [0.3, 0.4) is 0 Å². The van der Waals surface area contributed by atoms with Gasteiger partial charge in [0.2, 0.25) is 0 Å². The zero-order valence-corrected chi connectivity index (χ0v) is 10.8. The Balaban J connectivity index is 2.05. The molecule has 0 radical (unpaired) electrons. The van der Waals surface area contributed by atoms with Crippen molar-refractivity contribution in [1.82, 2.24) is 5.32 Å². The molecule has 0 bridgehead atoms. The summed E-state index contributed by atoms with van der Waals surface area (Å²) in [5.74, 6) is 0.0606. The van der Waals surface area contributed by atoms with E-state index < -0.39 is 0 Å². The minimum Gasteiger partial charge on any atom is -0.337 e. The lowest BCUT2D eigenvalue weighted by atomic mass is 10.1. The van der Waals surface area contributed by atoms with Crippen molar-refractivity contribution in [3.8, 4) is 0 Å². The molecule has 4 heteroatoms.